The Bertz CT molecular complexity index is 942. The molecule has 0 heterocycles. The maximum Gasteiger partial charge on any atom is 0.255 e. The predicted molar refractivity (Wildman–Crippen MR) is 110 cm³/mol. The average Bonchev–Trinajstić information content (AvgIpc) is 3.32. The van der Waals surface area contributed by atoms with Gasteiger partial charge in [-0.25, -0.2) is 13.1 Å². The highest BCUT2D eigenvalue weighted by Gasteiger charge is 2.42. The van der Waals surface area contributed by atoms with E-state index in [1.165, 1.54) is 31.4 Å². The van der Waals surface area contributed by atoms with Gasteiger partial charge in [0, 0.05) is 17.3 Å². The minimum absolute atomic E-state index is 0.0576. The van der Waals surface area contributed by atoms with E-state index in [9.17, 15) is 13.2 Å². The standard InChI is InChI=1S/C22H26N2O3S/c1-15(21-14-16-7-8-18(21)13-16)24-28(26,27)20-11-9-19(10-12-20)23-22(25)17-5-3-2-4-6-17/h2-6,9-12,15-16,18,21,24H,7-8,13-14H2,1H3,(H,23,25)/t15-,16-,18-,21-/m0/s1. The first-order valence-corrected chi connectivity index (χ1v) is 11.4. The first kappa shape index (κ1) is 19.2. The Morgan fingerprint density at radius 2 is 1.71 bits per heavy atom. The molecule has 148 valence electrons. The van der Waals surface area contributed by atoms with Crippen LogP contribution in [0.2, 0.25) is 0 Å². The minimum atomic E-state index is -3.57. The maximum absolute atomic E-state index is 12.8. The summed E-state index contributed by atoms with van der Waals surface area (Å²) in [5.74, 6) is 1.67. The molecule has 0 saturated heterocycles. The molecule has 0 aromatic heterocycles. The summed E-state index contributed by atoms with van der Waals surface area (Å²) in [5, 5.41) is 2.79. The van der Waals surface area contributed by atoms with Crippen molar-refractivity contribution in [3.05, 3.63) is 60.2 Å². The van der Waals surface area contributed by atoms with E-state index >= 15 is 0 Å². The number of rotatable bonds is 6. The van der Waals surface area contributed by atoms with Gasteiger partial charge in [-0.15, -0.1) is 0 Å². The molecular formula is C22H26N2O3S. The number of nitrogens with one attached hydrogen (secondary N) is 2. The van der Waals surface area contributed by atoms with Crippen molar-refractivity contribution in [3.63, 3.8) is 0 Å². The van der Waals surface area contributed by atoms with Crippen molar-refractivity contribution in [2.45, 2.75) is 43.5 Å². The van der Waals surface area contributed by atoms with Gasteiger partial charge in [-0.2, -0.15) is 0 Å². The molecular weight excluding hydrogens is 372 g/mol. The molecule has 0 radical (unpaired) electrons. The number of benzene rings is 2. The third-order valence-corrected chi connectivity index (χ3v) is 7.81. The van der Waals surface area contributed by atoms with Crippen LogP contribution in [0.3, 0.4) is 0 Å². The van der Waals surface area contributed by atoms with Gasteiger partial charge in [-0.05, 0) is 80.3 Å². The number of amides is 1. The molecule has 4 atom stereocenters. The molecule has 2 aromatic rings. The molecule has 2 aliphatic carbocycles. The fraction of sp³-hybridized carbons (Fsp3) is 0.409. The van der Waals surface area contributed by atoms with Gasteiger partial charge in [0.25, 0.3) is 5.91 Å². The Hall–Kier alpha value is -2.18. The summed E-state index contributed by atoms with van der Waals surface area (Å²) in [5.41, 5.74) is 1.12. The molecule has 2 aromatic carbocycles. The largest absolute Gasteiger partial charge is 0.322 e. The molecule has 1 amide bonds. The van der Waals surface area contributed by atoms with E-state index in [-0.39, 0.29) is 16.8 Å². The number of sulfonamides is 1. The SMILES string of the molecule is C[C@H](NS(=O)(=O)c1ccc(NC(=O)c2ccccc2)cc1)[C@@H]1C[C@H]2CC[C@H]1C2. The number of anilines is 1. The van der Waals surface area contributed by atoms with Crippen molar-refractivity contribution in [1.82, 2.24) is 4.72 Å². The van der Waals surface area contributed by atoms with Crippen molar-refractivity contribution in [2.24, 2.45) is 17.8 Å². The Morgan fingerprint density at radius 1 is 1.00 bits per heavy atom. The second kappa shape index (κ2) is 7.68. The lowest BCUT2D eigenvalue weighted by atomic mass is 9.84. The van der Waals surface area contributed by atoms with Crippen LogP contribution >= 0.6 is 0 Å². The second-order valence-corrected chi connectivity index (χ2v) is 9.81. The van der Waals surface area contributed by atoms with Crippen molar-refractivity contribution >= 4 is 21.6 Å². The molecule has 6 heteroatoms. The van der Waals surface area contributed by atoms with Crippen LogP contribution in [-0.4, -0.2) is 20.4 Å². The van der Waals surface area contributed by atoms with Crippen LogP contribution in [0.5, 0.6) is 0 Å². The van der Waals surface area contributed by atoms with Gasteiger partial charge in [0.2, 0.25) is 10.0 Å². The van der Waals surface area contributed by atoms with Gasteiger partial charge in [-0.1, -0.05) is 24.6 Å². The van der Waals surface area contributed by atoms with Gasteiger partial charge in [-0.3, -0.25) is 4.79 Å². The zero-order valence-electron chi connectivity index (χ0n) is 16.0. The number of carbonyl (C=O) groups excluding carboxylic acids is 1. The lowest BCUT2D eigenvalue weighted by Gasteiger charge is -2.28. The molecule has 5 nitrogen and oxygen atoms in total. The van der Waals surface area contributed by atoms with Crippen LogP contribution in [0.15, 0.2) is 59.5 Å². The molecule has 0 aliphatic heterocycles. The van der Waals surface area contributed by atoms with Crippen molar-refractivity contribution in [2.75, 3.05) is 5.32 Å². The molecule has 2 bridgehead atoms. The highest BCUT2D eigenvalue weighted by molar-refractivity contribution is 7.89. The van der Waals surface area contributed by atoms with E-state index in [2.05, 4.69) is 10.0 Å². The van der Waals surface area contributed by atoms with Crippen LogP contribution in [-0.2, 0) is 10.0 Å². The van der Waals surface area contributed by atoms with E-state index < -0.39 is 10.0 Å². The maximum atomic E-state index is 12.8. The molecule has 4 rings (SSSR count). The first-order valence-electron chi connectivity index (χ1n) is 9.91. The van der Waals surface area contributed by atoms with Crippen molar-refractivity contribution in [1.29, 1.82) is 0 Å². The fourth-order valence-corrected chi connectivity index (χ4v) is 6.11. The summed E-state index contributed by atoms with van der Waals surface area (Å²) in [7, 11) is -3.57. The fourth-order valence-electron chi connectivity index (χ4n) is 4.82. The van der Waals surface area contributed by atoms with Crippen LogP contribution in [0, 0.1) is 17.8 Å². The summed E-state index contributed by atoms with van der Waals surface area (Å²) in [6, 6.07) is 15.2. The number of carbonyl (C=O) groups is 1. The van der Waals surface area contributed by atoms with E-state index in [4.69, 9.17) is 0 Å². The Balaban J connectivity index is 1.40. The normalized spacial score (nSPS) is 24.8. The summed E-state index contributed by atoms with van der Waals surface area (Å²) in [6.07, 6.45) is 4.93. The summed E-state index contributed by atoms with van der Waals surface area (Å²) >= 11 is 0. The molecule has 2 aliphatic rings. The van der Waals surface area contributed by atoms with Gasteiger partial charge < -0.3 is 5.32 Å². The number of fused-ring (bicyclic) bond motifs is 2. The second-order valence-electron chi connectivity index (χ2n) is 8.09. The van der Waals surface area contributed by atoms with Crippen molar-refractivity contribution < 1.29 is 13.2 Å². The lowest BCUT2D eigenvalue weighted by Crippen LogP contribution is -2.40. The predicted octanol–water partition coefficient (Wildman–Crippen LogP) is 4.04. The summed E-state index contributed by atoms with van der Waals surface area (Å²) in [6.45, 7) is 1.98. The van der Waals surface area contributed by atoms with E-state index in [1.807, 2.05) is 13.0 Å². The molecule has 0 unspecified atom stereocenters. The first-order chi connectivity index (χ1) is 13.4. The lowest BCUT2D eigenvalue weighted by molar-refractivity contribution is 0.102. The molecule has 28 heavy (non-hydrogen) atoms. The van der Waals surface area contributed by atoms with E-state index in [1.54, 1.807) is 36.4 Å². The highest BCUT2D eigenvalue weighted by Crippen LogP contribution is 2.49. The number of hydrogen-bond donors (Lipinski definition) is 2. The number of hydrogen-bond acceptors (Lipinski definition) is 3. The summed E-state index contributed by atoms with van der Waals surface area (Å²) in [4.78, 5) is 12.4. The van der Waals surface area contributed by atoms with Crippen molar-refractivity contribution in [3.8, 4) is 0 Å². The highest BCUT2D eigenvalue weighted by atomic mass is 32.2. The quantitative estimate of drug-likeness (QED) is 0.771. The smallest absolute Gasteiger partial charge is 0.255 e. The van der Waals surface area contributed by atoms with Crippen LogP contribution in [0.4, 0.5) is 5.69 Å². The van der Waals surface area contributed by atoms with Gasteiger partial charge >= 0.3 is 0 Å². The van der Waals surface area contributed by atoms with Gasteiger partial charge in [0.05, 0.1) is 4.90 Å². The summed E-state index contributed by atoms with van der Waals surface area (Å²) < 4.78 is 28.4. The van der Waals surface area contributed by atoms with Gasteiger partial charge in [0.1, 0.15) is 0 Å². The Kier molecular flexibility index (Phi) is 5.25. The van der Waals surface area contributed by atoms with E-state index in [0.29, 0.717) is 23.1 Å². The minimum Gasteiger partial charge on any atom is -0.322 e. The third kappa shape index (κ3) is 3.98. The zero-order valence-corrected chi connectivity index (χ0v) is 16.8. The zero-order chi connectivity index (χ0) is 19.7. The molecule has 2 fully saturated rings. The Morgan fingerprint density at radius 3 is 2.32 bits per heavy atom. The van der Waals surface area contributed by atoms with Crippen LogP contribution in [0.25, 0.3) is 0 Å². The van der Waals surface area contributed by atoms with Gasteiger partial charge in [0.15, 0.2) is 0 Å². The van der Waals surface area contributed by atoms with Crippen LogP contribution in [0.1, 0.15) is 43.0 Å². The van der Waals surface area contributed by atoms with Crippen LogP contribution < -0.4 is 10.0 Å². The molecule has 2 N–H and O–H groups in total. The molecule has 2 saturated carbocycles. The topological polar surface area (TPSA) is 75.3 Å². The monoisotopic (exact) mass is 398 g/mol. The molecule has 0 spiro atoms. The Labute approximate surface area is 166 Å². The average molecular weight is 399 g/mol. The third-order valence-electron chi connectivity index (χ3n) is 6.23. The van der Waals surface area contributed by atoms with E-state index in [0.717, 1.165) is 12.3 Å².